The second-order valence-corrected chi connectivity index (χ2v) is 14.8. The number of carboxylic acid groups (broad SMARTS) is 1. The normalized spacial score (nSPS) is 28.9. The van der Waals surface area contributed by atoms with Crippen LogP contribution in [0.1, 0.15) is 72.8 Å². The molecule has 4 fully saturated rings. The van der Waals surface area contributed by atoms with Crippen LogP contribution < -0.4 is 19.7 Å². The number of anilines is 2. The summed E-state index contributed by atoms with van der Waals surface area (Å²) in [7, 11) is 1.59. The molecule has 2 aliphatic heterocycles. The first-order chi connectivity index (χ1) is 23.8. The molecule has 1 spiro atoms. The third kappa shape index (κ3) is 5.08. The molecule has 50 heavy (non-hydrogen) atoms. The fourth-order valence-corrected chi connectivity index (χ4v) is 9.42. The van der Waals surface area contributed by atoms with Crippen molar-refractivity contribution in [2.24, 2.45) is 23.2 Å². The van der Waals surface area contributed by atoms with Crippen molar-refractivity contribution < 1.29 is 42.1 Å². The van der Waals surface area contributed by atoms with E-state index >= 15 is 0 Å². The molecule has 5 unspecified atom stereocenters. The number of rotatable bonds is 8. The summed E-state index contributed by atoms with van der Waals surface area (Å²) in [4.78, 5) is 41.1. The van der Waals surface area contributed by atoms with Crippen molar-refractivity contribution in [3.05, 3.63) is 65.1 Å². The summed E-state index contributed by atoms with van der Waals surface area (Å²) in [5.74, 6) is -1.43. The number of carbonyl (C=O) groups is 2. The highest BCUT2D eigenvalue weighted by molar-refractivity contribution is 5.99. The number of fused-ring (bicyclic) bond motifs is 3. The third-order valence-electron chi connectivity index (χ3n) is 12.3. The second kappa shape index (κ2) is 11.5. The number of nitrogens with one attached hydrogen (secondary N) is 1. The van der Waals surface area contributed by atoms with Crippen molar-refractivity contribution in [2.75, 3.05) is 31.8 Å². The summed E-state index contributed by atoms with van der Waals surface area (Å²) >= 11 is 0. The molecule has 5 atom stereocenters. The molecule has 11 nitrogen and oxygen atoms in total. The smallest absolute Gasteiger partial charge is 0.434 e. The van der Waals surface area contributed by atoms with E-state index in [4.69, 9.17) is 19.2 Å². The van der Waals surface area contributed by atoms with Crippen LogP contribution >= 0.6 is 0 Å². The lowest BCUT2D eigenvalue weighted by Gasteiger charge is -2.55. The number of hydrogen-bond acceptors (Lipinski definition) is 9. The zero-order valence-electron chi connectivity index (χ0n) is 27.8. The van der Waals surface area contributed by atoms with Crippen LogP contribution in [0.2, 0.25) is 0 Å². The molecular formula is C36H38F3N5O6. The first-order valence-electron chi connectivity index (χ1n) is 17.0. The second-order valence-electron chi connectivity index (χ2n) is 14.8. The Morgan fingerprint density at radius 1 is 1.08 bits per heavy atom. The zero-order chi connectivity index (χ0) is 35.1. The number of ether oxygens (including phenoxy) is 3. The highest BCUT2D eigenvalue weighted by Crippen LogP contribution is 2.70. The van der Waals surface area contributed by atoms with Crippen molar-refractivity contribution in [3.8, 4) is 11.6 Å². The van der Waals surface area contributed by atoms with Crippen LogP contribution in [0.5, 0.6) is 11.6 Å². The minimum atomic E-state index is -5.02. The molecule has 1 saturated heterocycles. The molecule has 5 aliphatic rings. The number of benzene rings is 1. The van der Waals surface area contributed by atoms with Gasteiger partial charge in [-0.1, -0.05) is 19.1 Å². The topological polar surface area (TPSA) is 136 Å². The highest BCUT2D eigenvalue weighted by atomic mass is 19.4. The minimum Gasteiger partial charge on any atom is -0.497 e. The van der Waals surface area contributed by atoms with Crippen molar-refractivity contribution in [1.29, 1.82) is 0 Å². The maximum absolute atomic E-state index is 14.7. The number of nitrogens with zero attached hydrogens (tertiary/aromatic N) is 4. The molecule has 264 valence electrons. The van der Waals surface area contributed by atoms with Gasteiger partial charge in [0.15, 0.2) is 5.69 Å². The monoisotopic (exact) mass is 693 g/mol. The van der Waals surface area contributed by atoms with Crippen molar-refractivity contribution in [1.82, 2.24) is 20.3 Å². The summed E-state index contributed by atoms with van der Waals surface area (Å²) < 4.78 is 61.0. The van der Waals surface area contributed by atoms with E-state index in [-0.39, 0.29) is 42.8 Å². The number of alkyl halides is 3. The van der Waals surface area contributed by atoms with Gasteiger partial charge in [0.2, 0.25) is 11.8 Å². The van der Waals surface area contributed by atoms with Gasteiger partial charge in [-0.15, -0.1) is 0 Å². The Hall–Kier alpha value is -4.46. The van der Waals surface area contributed by atoms with Crippen LogP contribution in [-0.4, -0.2) is 64.3 Å². The van der Waals surface area contributed by atoms with Crippen LogP contribution in [0.4, 0.5) is 24.8 Å². The Morgan fingerprint density at radius 2 is 1.86 bits per heavy atom. The van der Waals surface area contributed by atoms with Crippen LogP contribution in [0.25, 0.3) is 0 Å². The lowest BCUT2D eigenvalue weighted by molar-refractivity contribution is -0.152. The Kier molecular flexibility index (Phi) is 7.55. The molecule has 2 aromatic heterocycles. The lowest BCUT2D eigenvalue weighted by atomic mass is 9.50. The predicted molar refractivity (Wildman–Crippen MR) is 172 cm³/mol. The van der Waals surface area contributed by atoms with Gasteiger partial charge in [0.1, 0.15) is 17.9 Å². The number of carboxylic acids is 1. The predicted octanol–water partition coefficient (Wildman–Crippen LogP) is 5.69. The molecule has 2 bridgehead atoms. The average Bonchev–Trinajstić information content (AvgIpc) is 3.43. The molecular weight excluding hydrogens is 655 g/mol. The summed E-state index contributed by atoms with van der Waals surface area (Å²) in [6.07, 6.45) is -0.673. The minimum absolute atomic E-state index is 0.0296. The van der Waals surface area contributed by atoms with E-state index in [1.165, 1.54) is 0 Å². The van der Waals surface area contributed by atoms with E-state index in [1.807, 2.05) is 24.3 Å². The Morgan fingerprint density at radius 3 is 2.60 bits per heavy atom. The summed E-state index contributed by atoms with van der Waals surface area (Å²) in [5, 5.41) is 13.0. The SMILES string of the molecule is COc1cccc(COc2ccc3c(n2)C2(CCOCC2)CN3c2ncc(C(=O)NC3(C(=O)O)CC4CC5CC3CC54C)c(C(F)(F)F)n2)c1. The van der Waals surface area contributed by atoms with Crippen LogP contribution in [0.3, 0.4) is 0 Å². The molecule has 3 aliphatic carbocycles. The number of amides is 1. The van der Waals surface area contributed by atoms with Gasteiger partial charge in [0.05, 0.1) is 24.1 Å². The van der Waals surface area contributed by atoms with Crippen LogP contribution in [-0.2, 0) is 27.7 Å². The molecule has 3 saturated carbocycles. The fourth-order valence-electron chi connectivity index (χ4n) is 9.42. The number of pyridine rings is 1. The summed E-state index contributed by atoms with van der Waals surface area (Å²) in [6.45, 7) is 3.54. The molecule has 1 aromatic carbocycles. The number of carbonyl (C=O) groups excluding carboxylic acids is 1. The van der Waals surface area contributed by atoms with E-state index < -0.39 is 40.3 Å². The quantitative estimate of drug-likeness (QED) is 0.303. The zero-order valence-corrected chi connectivity index (χ0v) is 27.8. The molecule has 14 heteroatoms. The lowest BCUT2D eigenvalue weighted by Crippen LogP contribution is -2.63. The van der Waals surface area contributed by atoms with Crippen LogP contribution in [0.15, 0.2) is 42.6 Å². The number of aliphatic carboxylic acids is 1. The summed E-state index contributed by atoms with van der Waals surface area (Å²) in [5.41, 5.74) is -2.31. The van der Waals surface area contributed by atoms with Crippen LogP contribution in [0, 0.1) is 23.2 Å². The highest BCUT2D eigenvalue weighted by Gasteiger charge is 2.69. The van der Waals surface area contributed by atoms with Gasteiger partial charge >= 0.3 is 12.1 Å². The molecule has 3 aromatic rings. The fraction of sp³-hybridized carbons (Fsp3) is 0.528. The van der Waals surface area contributed by atoms with Gasteiger partial charge in [-0.25, -0.2) is 19.7 Å². The Balaban J connectivity index is 1.10. The number of halogens is 3. The molecule has 2 N–H and O–H groups in total. The first kappa shape index (κ1) is 32.7. The van der Waals surface area contributed by atoms with E-state index in [9.17, 15) is 27.9 Å². The molecule has 8 rings (SSSR count). The maximum Gasteiger partial charge on any atom is 0.434 e. The molecule has 1 amide bonds. The van der Waals surface area contributed by atoms with Crippen molar-refractivity contribution in [2.45, 2.75) is 69.2 Å². The average molecular weight is 694 g/mol. The van der Waals surface area contributed by atoms with Gasteiger partial charge in [-0.2, -0.15) is 13.2 Å². The Bertz CT molecular complexity index is 1870. The van der Waals surface area contributed by atoms with Gasteiger partial charge in [0, 0.05) is 37.4 Å². The largest absolute Gasteiger partial charge is 0.497 e. The van der Waals surface area contributed by atoms with Gasteiger partial charge in [-0.3, -0.25) is 4.79 Å². The van der Waals surface area contributed by atoms with Gasteiger partial charge in [-0.05, 0) is 85.5 Å². The third-order valence-corrected chi connectivity index (χ3v) is 12.3. The van der Waals surface area contributed by atoms with Crippen molar-refractivity contribution in [3.63, 3.8) is 0 Å². The Labute approximate surface area is 286 Å². The van der Waals surface area contributed by atoms with Crippen molar-refractivity contribution >= 4 is 23.5 Å². The number of hydrogen-bond donors (Lipinski definition) is 2. The van der Waals surface area contributed by atoms with E-state index in [0.29, 0.717) is 67.8 Å². The number of aromatic nitrogens is 3. The first-order valence-corrected chi connectivity index (χ1v) is 17.0. The van der Waals surface area contributed by atoms with Gasteiger partial charge in [0.25, 0.3) is 5.91 Å². The number of methoxy groups -OCH3 is 1. The summed E-state index contributed by atoms with van der Waals surface area (Å²) in [6, 6.07) is 10.9. The molecule has 4 heterocycles. The van der Waals surface area contributed by atoms with E-state index in [0.717, 1.165) is 18.2 Å². The standard InChI is InChI=1S/C36H38F3N5O6/c1-33-15-23-14-21(33)13-22(33)16-35(23,31(46)47)43-30(45)25-17-40-32(42-28(25)36(37,38)39)44-19-34(8-10-49-11-9-34)29-26(44)6-7-27(41-29)50-18-20-4-3-5-24(12-20)48-2/h3-7,12,17,21-23H,8-11,13-16,18-19H2,1-2H3,(H,43,45)(H,46,47). The maximum atomic E-state index is 14.7. The van der Waals surface area contributed by atoms with E-state index in [1.54, 1.807) is 24.1 Å². The van der Waals surface area contributed by atoms with E-state index in [2.05, 4.69) is 22.2 Å². The van der Waals surface area contributed by atoms with Gasteiger partial charge < -0.3 is 29.5 Å². The molecule has 0 radical (unpaired) electrons.